The molecule has 92 valence electrons. The molecule has 1 aromatic rings. The van der Waals surface area contributed by atoms with Crippen LogP contribution in [0.15, 0.2) is 22.1 Å². The molecule has 0 atom stereocenters. The number of carbonyl (C=O) groups is 2. The van der Waals surface area contributed by atoms with Crippen molar-refractivity contribution in [3.05, 3.63) is 29.2 Å². The Morgan fingerprint density at radius 3 is 2.65 bits per heavy atom. The number of hydrogen-bond donors (Lipinski definition) is 1. The van der Waals surface area contributed by atoms with Crippen LogP contribution in [0.3, 0.4) is 0 Å². The van der Waals surface area contributed by atoms with Gasteiger partial charge in [-0.25, -0.2) is 4.79 Å². The summed E-state index contributed by atoms with van der Waals surface area (Å²) in [5, 5.41) is 8.94. The maximum absolute atomic E-state index is 11.2. The number of esters is 1. The van der Waals surface area contributed by atoms with Gasteiger partial charge in [0.15, 0.2) is 0 Å². The van der Waals surface area contributed by atoms with Crippen LogP contribution in [0.1, 0.15) is 24.9 Å². The molecule has 0 spiro atoms. The van der Waals surface area contributed by atoms with Crippen LogP contribution in [-0.2, 0) is 14.3 Å². The van der Waals surface area contributed by atoms with Gasteiger partial charge in [-0.1, -0.05) is 0 Å². The summed E-state index contributed by atoms with van der Waals surface area (Å²) in [4.78, 5) is 22.1. The van der Waals surface area contributed by atoms with Crippen molar-refractivity contribution in [2.75, 3.05) is 6.61 Å². The second-order valence-corrected chi connectivity index (χ2v) is 3.40. The van der Waals surface area contributed by atoms with Crippen LogP contribution in [0.2, 0.25) is 0 Å². The summed E-state index contributed by atoms with van der Waals surface area (Å²) >= 11 is 0. The minimum absolute atomic E-state index is 0.0576. The quantitative estimate of drug-likeness (QED) is 0.627. The number of rotatable bonds is 5. The Labute approximate surface area is 98.7 Å². The van der Waals surface area contributed by atoms with Crippen molar-refractivity contribution >= 4 is 18.0 Å². The molecular formula is C12H14O5. The smallest absolute Gasteiger partial charge is 0.332 e. The van der Waals surface area contributed by atoms with E-state index in [0.29, 0.717) is 11.5 Å². The molecule has 5 nitrogen and oxygen atoms in total. The summed E-state index contributed by atoms with van der Waals surface area (Å²) in [7, 11) is 0. The van der Waals surface area contributed by atoms with Gasteiger partial charge in [-0.15, -0.1) is 0 Å². The van der Waals surface area contributed by atoms with Gasteiger partial charge in [-0.05, 0) is 32.1 Å². The fourth-order valence-electron chi connectivity index (χ4n) is 1.26. The van der Waals surface area contributed by atoms with E-state index >= 15 is 0 Å². The van der Waals surface area contributed by atoms with Crippen LogP contribution in [-0.4, -0.2) is 23.7 Å². The number of furan rings is 1. The molecule has 0 unspecified atom stereocenters. The van der Waals surface area contributed by atoms with Gasteiger partial charge < -0.3 is 14.3 Å². The first kappa shape index (κ1) is 13.0. The normalized spacial score (nSPS) is 11.3. The van der Waals surface area contributed by atoms with Crippen LogP contribution in [0.4, 0.5) is 0 Å². The minimum Gasteiger partial charge on any atom is -0.478 e. The Morgan fingerprint density at radius 1 is 1.47 bits per heavy atom. The van der Waals surface area contributed by atoms with Crippen LogP contribution in [0.25, 0.3) is 6.08 Å². The summed E-state index contributed by atoms with van der Waals surface area (Å²) < 4.78 is 9.91. The molecule has 1 N–H and O–H groups in total. The summed E-state index contributed by atoms with van der Waals surface area (Å²) in [5.74, 6) is -0.641. The Hall–Kier alpha value is -2.04. The number of carboxylic acids is 1. The third kappa shape index (κ3) is 4.14. The number of aryl methyl sites for hydroxylation is 1. The first-order chi connectivity index (χ1) is 8.02. The number of ether oxygens (including phenoxy) is 1. The van der Waals surface area contributed by atoms with Crippen molar-refractivity contribution in [3.8, 4) is 0 Å². The van der Waals surface area contributed by atoms with E-state index in [9.17, 15) is 9.59 Å². The molecule has 0 radical (unpaired) electrons. The standard InChI is InChI=1S/C12H14O5/c1-3-16-11(13)7-9(12(14)15)6-10-5-4-8(2)17-10/h4-6H,3,7H2,1-2H3,(H,14,15)/b9-6+. The first-order valence-electron chi connectivity index (χ1n) is 5.19. The van der Waals surface area contributed by atoms with E-state index in [1.165, 1.54) is 6.08 Å². The fourth-order valence-corrected chi connectivity index (χ4v) is 1.26. The van der Waals surface area contributed by atoms with Gasteiger partial charge in [-0.3, -0.25) is 4.79 Å². The van der Waals surface area contributed by atoms with Crippen molar-refractivity contribution in [1.82, 2.24) is 0 Å². The van der Waals surface area contributed by atoms with Crippen molar-refractivity contribution in [1.29, 1.82) is 0 Å². The highest BCUT2D eigenvalue weighted by molar-refractivity contribution is 5.96. The maximum Gasteiger partial charge on any atom is 0.332 e. The van der Waals surface area contributed by atoms with Crippen LogP contribution in [0.5, 0.6) is 0 Å². The highest BCUT2D eigenvalue weighted by atomic mass is 16.5. The van der Waals surface area contributed by atoms with Crippen molar-refractivity contribution < 1.29 is 23.8 Å². The van der Waals surface area contributed by atoms with E-state index < -0.39 is 11.9 Å². The average molecular weight is 238 g/mol. The largest absolute Gasteiger partial charge is 0.478 e. The fraction of sp³-hybridized carbons (Fsp3) is 0.333. The van der Waals surface area contributed by atoms with Crippen molar-refractivity contribution in [2.45, 2.75) is 20.3 Å². The van der Waals surface area contributed by atoms with E-state index in [2.05, 4.69) is 0 Å². The van der Waals surface area contributed by atoms with Crippen LogP contribution < -0.4 is 0 Å². The Morgan fingerprint density at radius 2 is 2.18 bits per heavy atom. The molecule has 0 fully saturated rings. The third-order valence-corrected chi connectivity index (χ3v) is 1.99. The Balaban J connectivity index is 2.82. The average Bonchev–Trinajstić information content (AvgIpc) is 2.63. The molecule has 0 aliphatic carbocycles. The second kappa shape index (κ2) is 5.89. The maximum atomic E-state index is 11.2. The topological polar surface area (TPSA) is 76.7 Å². The molecule has 0 saturated carbocycles. The summed E-state index contributed by atoms with van der Waals surface area (Å²) in [6, 6.07) is 3.36. The lowest BCUT2D eigenvalue weighted by atomic mass is 10.1. The van der Waals surface area contributed by atoms with Gasteiger partial charge in [0.25, 0.3) is 0 Å². The van der Waals surface area contributed by atoms with Crippen molar-refractivity contribution in [2.24, 2.45) is 0 Å². The first-order valence-corrected chi connectivity index (χ1v) is 5.19. The number of carbonyl (C=O) groups excluding carboxylic acids is 1. The lowest BCUT2D eigenvalue weighted by Gasteiger charge is -2.02. The molecule has 0 saturated heterocycles. The molecule has 0 bridgehead atoms. The molecule has 0 aliphatic heterocycles. The molecule has 1 heterocycles. The Bertz CT molecular complexity index is 442. The monoisotopic (exact) mass is 238 g/mol. The van der Waals surface area contributed by atoms with Gasteiger partial charge in [0.1, 0.15) is 11.5 Å². The summed E-state index contributed by atoms with van der Waals surface area (Å²) in [5.41, 5.74) is -0.0576. The lowest BCUT2D eigenvalue weighted by Crippen LogP contribution is -2.10. The molecule has 0 aromatic carbocycles. The van der Waals surface area contributed by atoms with E-state index in [-0.39, 0.29) is 18.6 Å². The molecule has 1 rings (SSSR count). The third-order valence-electron chi connectivity index (χ3n) is 1.99. The zero-order chi connectivity index (χ0) is 12.8. The molecular weight excluding hydrogens is 224 g/mol. The van der Waals surface area contributed by atoms with Crippen LogP contribution >= 0.6 is 0 Å². The predicted molar refractivity (Wildman–Crippen MR) is 60.3 cm³/mol. The second-order valence-electron chi connectivity index (χ2n) is 3.40. The van der Waals surface area contributed by atoms with Gasteiger partial charge in [0.2, 0.25) is 0 Å². The van der Waals surface area contributed by atoms with E-state index in [1.54, 1.807) is 26.0 Å². The predicted octanol–water partition coefficient (Wildman–Crippen LogP) is 2.01. The van der Waals surface area contributed by atoms with E-state index in [0.717, 1.165) is 0 Å². The zero-order valence-corrected chi connectivity index (χ0v) is 9.73. The van der Waals surface area contributed by atoms with Gasteiger partial charge in [-0.2, -0.15) is 0 Å². The number of aliphatic carboxylic acids is 1. The SMILES string of the molecule is CCOC(=O)C/C(=C\c1ccc(C)o1)C(=O)O. The van der Waals surface area contributed by atoms with Crippen LogP contribution in [0, 0.1) is 6.92 Å². The van der Waals surface area contributed by atoms with Crippen molar-refractivity contribution in [3.63, 3.8) is 0 Å². The van der Waals surface area contributed by atoms with E-state index in [1.807, 2.05) is 0 Å². The molecule has 0 amide bonds. The number of hydrogen-bond acceptors (Lipinski definition) is 4. The van der Waals surface area contributed by atoms with Gasteiger partial charge >= 0.3 is 11.9 Å². The Kier molecular flexibility index (Phi) is 4.51. The number of carboxylic acid groups (broad SMARTS) is 1. The highest BCUT2D eigenvalue weighted by Crippen LogP contribution is 2.14. The van der Waals surface area contributed by atoms with E-state index in [4.69, 9.17) is 14.3 Å². The molecule has 5 heteroatoms. The molecule has 0 aliphatic rings. The molecule has 1 aromatic heterocycles. The van der Waals surface area contributed by atoms with Gasteiger partial charge in [0.05, 0.1) is 18.6 Å². The zero-order valence-electron chi connectivity index (χ0n) is 9.73. The summed E-state index contributed by atoms with van der Waals surface area (Å²) in [6.45, 7) is 3.65. The molecule has 17 heavy (non-hydrogen) atoms. The lowest BCUT2D eigenvalue weighted by molar-refractivity contribution is -0.144. The minimum atomic E-state index is -1.16. The highest BCUT2D eigenvalue weighted by Gasteiger charge is 2.14. The van der Waals surface area contributed by atoms with Gasteiger partial charge in [0, 0.05) is 0 Å². The summed E-state index contributed by atoms with van der Waals surface area (Å²) in [6.07, 6.45) is 1.05.